The number of sulfone groups is 1. The topological polar surface area (TPSA) is 75.2 Å². The molecule has 0 amide bonds. The fourth-order valence-electron chi connectivity index (χ4n) is 4.31. The van der Waals surface area contributed by atoms with Gasteiger partial charge in [0.2, 0.25) is 5.95 Å². The van der Waals surface area contributed by atoms with Crippen LogP contribution in [0.5, 0.6) is 0 Å². The summed E-state index contributed by atoms with van der Waals surface area (Å²) in [5.41, 5.74) is 2.96. The van der Waals surface area contributed by atoms with Gasteiger partial charge in [-0.25, -0.2) is 18.4 Å². The minimum Gasteiger partial charge on any atom is -0.341 e. The molecule has 6 nitrogen and oxygen atoms in total. The molecule has 8 heteroatoms. The molecular weight excluding hydrogens is 428 g/mol. The molecule has 166 valence electrons. The van der Waals surface area contributed by atoms with E-state index in [1.165, 1.54) is 11.8 Å². The third kappa shape index (κ3) is 5.42. The lowest BCUT2D eigenvalue weighted by Crippen LogP contribution is -2.38. The van der Waals surface area contributed by atoms with E-state index in [0.29, 0.717) is 28.4 Å². The number of hydrogen-bond donors (Lipinski definition) is 1. The Bertz CT molecular complexity index is 1150. The van der Waals surface area contributed by atoms with Gasteiger partial charge >= 0.3 is 0 Å². The highest BCUT2D eigenvalue weighted by Crippen LogP contribution is 2.24. The summed E-state index contributed by atoms with van der Waals surface area (Å²) in [5, 5.41) is 9.06. The number of aromatic nitrogens is 2. The van der Waals surface area contributed by atoms with Gasteiger partial charge in [0, 0.05) is 36.8 Å². The van der Waals surface area contributed by atoms with Gasteiger partial charge in [0.1, 0.15) is 0 Å². The van der Waals surface area contributed by atoms with E-state index in [2.05, 4.69) is 34.0 Å². The quantitative estimate of drug-likeness (QED) is 0.602. The Hall–Kier alpha value is -2.03. The normalized spacial score (nSPS) is 18.8. The highest BCUT2D eigenvalue weighted by Gasteiger charge is 2.21. The number of nitrogens with zero attached hydrogens (tertiary/aromatic N) is 3. The van der Waals surface area contributed by atoms with Crippen molar-refractivity contribution < 1.29 is 8.42 Å². The van der Waals surface area contributed by atoms with E-state index in [9.17, 15) is 8.42 Å². The summed E-state index contributed by atoms with van der Waals surface area (Å²) in [6.07, 6.45) is 5.53. The Balaban J connectivity index is 1.47. The van der Waals surface area contributed by atoms with E-state index in [-0.39, 0.29) is 0 Å². The molecule has 1 fully saturated rings. The molecule has 0 bridgehead atoms. The second kappa shape index (κ2) is 9.22. The number of thiophene rings is 1. The molecule has 0 unspecified atom stereocenters. The summed E-state index contributed by atoms with van der Waals surface area (Å²) < 4.78 is 23.9. The van der Waals surface area contributed by atoms with Crippen LogP contribution in [0.15, 0.2) is 39.9 Å². The van der Waals surface area contributed by atoms with Crippen LogP contribution in [0.25, 0.3) is 10.9 Å². The standard InChI is InChI=1S/C23H30N4O2S2/c1-16(13-18-9-12-30-15-18)24-19-5-4-10-27(11-8-19)23-25-17(2)21-7-6-20(31(3,28)29)14-22(21)26-23/h6-7,9,12,14-16,19,24H,4-5,8,10-11,13H2,1-3H3/t16-,19+/m0/s1. The number of hydrogen-bond acceptors (Lipinski definition) is 7. The third-order valence-corrected chi connectivity index (χ3v) is 7.77. The second-order valence-corrected chi connectivity index (χ2v) is 11.4. The number of fused-ring (bicyclic) bond motifs is 1. The largest absolute Gasteiger partial charge is 0.341 e. The van der Waals surface area contributed by atoms with Crippen LogP contribution in [0.2, 0.25) is 0 Å². The minimum absolute atomic E-state index is 0.295. The fourth-order valence-corrected chi connectivity index (χ4v) is 5.63. The Labute approximate surface area is 188 Å². The van der Waals surface area contributed by atoms with E-state index < -0.39 is 9.84 Å². The molecule has 0 saturated carbocycles. The van der Waals surface area contributed by atoms with Crippen LogP contribution < -0.4 is 10.2 Å². The van der Waals surface area contributed by atoms with Gasteiger partial charge in [-0.1, -0.05) is 0 Å². The van der Waals surface area contributed by atoms with Crippen molar-refractivity contribution in [3.8, 4) is 0 Å². The van der Waals surface area contributed by atoms with Crippen molar-refractivity contribution in [2.45, 2.75) is 56.5 Å². The molecule has 1 aliphatic rings. The molecule has 1 aliphatic heterocycles. The first-order valence-electron chi connectivity index (χ1n) is 10.8. The number of anilines is 1. The first-order valence-corrected chi connectivity index (χ1v) is 13.6. The lowest BCUT2D eigenvalue weighted by atomic mass is 10.1. The highest BCUT2D eigenvalue weighted by molar-refractivity contribution is 7.90. The summed E-state index contributed by atoms with van der Waals surface area (Å²) >= 11 is 1.75. The average molecular weight is 459 g/mol. The number of rotatable bonds is 6. The van der Waals surface area contributed by atoms with Crippen molar-refractivity contribution in [3.63, 3.8) is 0 Å². The third-order valence-electron chi connectivity index (χ3n) is 5.93. The van der Waals surface area contributed by atoms with Crippen molar-refractivity contribution >= 4 is 38.0 Å². The summed E-state index contributed by atoms with van der Waals surface area (Å²) in [5.74, 6) is 0.697. The zero-order valence-electron chi connectivity index (χ0n) is 18.3. The molecule has 1 aromatic carbocycles. The molecule has 4 rings (SSSR count). The maximum absolute atomic E-state index is 12.0. The summed E-state index contributed by atoms with van der Waals surface area (Å²) in [6, 6.07) is 8.23. The Morgan fingerprint density at radius 1 is 1.23 bits per heavy atom. The van der Waals surface area contributed by atoms with Crippen molar-refractivity contribution in [2.75, 3.05) is 24.2 Å². The number of nitrogens with one attached hydrogen (secondary N) is 1. The van der Waals surface area contributed by atoms with Crippen LogP contribution >= 0.6 is 11.3 Å². The van der Waals surface area contributed by atoms with Gasteiger partial charge in [-0.2, -0.15) is 11.3 Å². The van der Waals surface area contributed by atoms with E-state index >= 15 is 0 Å². The molecule has 1 N–H and O–H groups in total. The van der Waals surface area contributed by atoms with Gasteiger partial charge in [-0.15, -0.1) is 0 Å². The molecule has 0 radical (unpaired) electrons. The smallest absolute Gasteiger partial charge is 0.226 e. The van der Waals surface area contributed by atoms with E-state index in [0.717, 1.165) is 49.9 Å². The van der Waals surface area contributed by atoms with Gasteiger partial charge in [-0.3, -0.25) is 0 Å². The maximum atomic E-state index is 12.0. The van der Waals surface area contributed by atoms with Crippen LogP contribution in [0.1, 0.15) is 37.4 Å². The SMILES string of the molecule is Cc1nc(N2CCC[C@@H](N[C@@H](C)Cc3ccsc3)CC2)nc2cc(S(C)(=O)=O)ccc12. The molecule has 1 saturated heterocycles. The first-order chi connectivity index (χ1) is 14.8. The first kappa shape index (κ1) is 22.2. The van der Waals surface area contributed by atoms with Crippen LogP contribution in [-0.2, 0) is 16.3 Å². The Morgan fingerprint density at radius 2 is 2.06 bits per heavy atom. The Morgan fingerprint density at radius 3 is 2.81 bits per heavy atom. The number of benzene rings is 1. The van der Waals surface area contributed by atoms with Crippen molar-refractivity contribution in [2.24, 2.45) is 0 Å². The molecule has 31 heavy (non-hydrogen) atoms. The van der Waals surface area contributed by atoms with Gasteiger partial charge in [-0.05, 0) is 80.1 Å². The summed E-state index contributed by atoms with van der Waals surface area (Å²) in [7, 11) is -3.27. The molecule has 2 aromatic heterocycles. The van der Waals surface area contributed by atoms with Crippen LogP contribution in [-0.4, -0.2) is 49.8 Å². The summed E-state index contributed by atoms with van der Waals surface area (Å²) in [6.45, 7) is 6.02. The van der Waals surface area contributed by atoms with E-state index in [1.807, 2.05) is 13.0 Å². The van der Waals surface area contributed by atoms with Gasteiger partial charge < -0.3 is 10.2 Å². The maximum Gasteiger partial charge on any atom is 0.226 e. The summed E-state index contributed by atoms with van der Waals surface area (Å²) in [4.78, 5) is 12.0. The van der Waals surface area contributed by atoms with Crippen molar-refractivity contribution in [3.05, 3.63) is 46.3 Å². The van der Waals surface area contributed by atoms with Gasteiger partial charge in [0.15, 0.2) is 9.84 Å². The molecule has 0 aliphatic carbocycles. The van der Waals surface area contributed by atoms with Crippen LogP contribution in [0, 0.1) is 6.92 Å². The van der Waals surface area contributed by atoms with Crippen LogP contribution in [0.3, 0.4) is 0 Å². The molecular formula is C23H30N4O2S2. The number of aryl methyl sites for hydroxylation is 1. The minimum atomic E-state index is -3.27. The highest BCUT2D eigenvalue weighted by atomic mass is 32.2. The Kier molecular flexibility index (Phi) is 6.60. The molecule has 3 aromatic rings. The lowest BCUT2D eigenvalue weighted by molar-refractivity contribution is 0.413. The van der Waals surface area contributed by atoms with Crippen molar-refractivity contribution in [1.29, 1.82) is 0 Å². The molecule has 2 atom stereocenters. The van der Waals surface area contributed by atoms with E-state index in [4.69, 9.17) is 9.97 Å². The predicted molar refractivity (Wildman–Crippen MR) is 128 cm³/mol. The van der Waals surface area contributed by atoms with Crippen molar-refractivity contribution in [1.82, 2.24) is 15.3 Å². The molecule has 0 spiro atoms. The monoisotopic (exact) mass is 458 g/mol. The lowest BCUT2D eigenvalue weighted by Gasteiger charge is -2.23. The van der Waals surface area contributed by atoms with Crippen LogP contribution in [0.4, 0.5) is 5.95 Å². The van der Waals surface area contributed by atoms with Gasteiger partial charge in [0.25, 0.3) is 0 Å². The predicted octanol–water partition coefficient (Wildman–Crippen LogP) is 3.98. The zero-order chi connectivity index (χ0) is 22.0. The van der Waals surface area contributed by atoms with E-state index in [1.54, 1.807) is 23.5 Å². The fraction of sp³-hybridized carbons (Fsp3) is 0.478. The molecule has 3 heterocycles. The second-order valence-electron chi connectivity index (χ2n) is 8.58. The van der Waals surface area contributed by atoms with Gasteiger partial charge in [0.05, 0.1) is 16.1 Å². The zero-order valence-corrected chi connectivity index (χ0v) is 20.0. The average Bonchev–Trinajstić information content (AvgIpc) is 3.10.